The van der Waals surface area contributed by atoms with Crippen LogP contribution in [0.4, 0.5) is 0 Å². The Morgan fingerprint density at radius 3 is 2.25 bits per heavy atom. The number of aliphatic carboxylic acids is 2. The summed E-state index contributed by atoms with van der Waals surface area (Å²) in [6, 6.07) is 5.96. The molecule has 4 unspecified atom stereocenters. The Hall–Kier alpha value is -2.96. The number of carbonyl (C=O) groups excluding carboxylic acids is 3. The summed E-state index contributed by atoms with van der Waals surface area (Å²) in [5.74, 6) is -4.52. The third kappa shape index (κ3) is 9.45. The van der Waals surface area contributed by atoms with E-state index in [2.05, 4.69) is 10.6 Å². The molecule has 0 spiro atoms. The molecule has 0 aliphatic carbocycles. The van der Waals surface area contributed by atoms with E-state index in [9.17, 15) is 29.1 Å². The summed E-state index contributed by atoms with van der Waals surface area (Å²) >= 11 is 0.933. The van der Waals surface area contributed by atoms with Crippen LogP contribution in [0.1, 0.15) is 31.4 Å². The number of carbonyl (C=O) groups is 5. The maximum atomic E-state index is 12.4. The van der Waals surface area contributed by atoms with E-state index < -0.39 is 53.7 Å². The monoisotopic (exact) mass is 469 g/mol. The molecule has 0 fully saturated rings. The van der Waals surface area contributed by atoms with Crippen molar-refractivity contribution in [3.8, 4) is 0 Å². The first-order valence-electron chi connectivity index (χ1n) is 9.65. The van der Waals surface area contributed by atoms with Gasteiger partial charge in [0.05, 0.1) is 11.4 Å². The van der Waals surface area contributed by atoms with Crippen molar-refractivity contribution < 1.29 is 39.3 Å². The van der Waals surface area contributed by atoms with Crippen LogP contribution in [0.5, 0.6) is 0 Å². The van der Waals surface area contributed by atoms with Crippen LogP contribution in [-0.4, -0.2) is 74.5 Å². The van der Waals surface area contributed by atoms with Gasteiger partial charge in [0.1, 0.15) is 24.4 Å². The Morgan fingerprint density at radius 2 is 1.72 bits per heavy atom. The van der Waals surface area contributed by atoms with Crippen molar-refractivity contribution >= 4 is 41.3 Å². The number of hydrogen-bond acceptors (Lipinski definition) is 8. The highest BCUT2D eigenvalue weighted by Crippen LogP contribution is 2.28. The molecule has 0 aliphatic heterocycles. The van der Waals surface area contributed by atoms with Gasteiger partial charge in [-0.3, -0.25) is 24.0 Å². The lowest BCUT2D eigenvalue weighted by Crippen LogP contribution is -2.50. The molecule has 2 amide bonds. The highest BCUT2D eigenvalue weighted by atomic mass is 32.2. The molecule has 0 heterocycles. The zero-order valence-electron chi connectivity index (χ0n) is 17.4. The number of aliphatic hydroxyl groups excluding tert-OH is 1. The molecular weight excluding hydrogens is 442 g/mol. The molecule has 0 bridgehead atoms. The number of thioether (sulfide) groups is 1. The van der Waals surface area contributed by atoms with Gasteiger partial charge in [0.25, 0.3) is 0 Å². The van der Waals surface area contributed by atoms with Gasteiger partial charge in [-0.05, 0) is 18.9 Å². The minimum atomic E-state index is -1.29. The number of benzene rings is 1. The highest BCUT2D eigenvalue weighted by molar-refractivity contribution is 8.00. The fourth-order valence-electron chi connectivity index (χ4n) is 2.60. The van der Waals surface area contributed by atoms with E-state index in [0.717, 1.165) is 11.8 Å². The fourth-order valence-corrected chi connectivity index (χ4v) is 3.81. The second kappa shape index (κ2) is 13.5. The SMILES string of the molecule is CC(=O)C(SCC(NC(=O)CCC(N)C(=O)O)C(=O)NCC(=O)O)C(O)c1ccccc1. The van der Waals surface area contributed by atoms with Gasteiger partial charge in [-0.15, -0.1) is 11.8 Å². The second-order valence-corrected chi connectivity index (χ2v) is 8.11. The number of nitrogens with one attached hydrogen (secondary N) is 2. The van der Waals surface area contributed by atoms with Crippen LogP contribution in [0.2, 0.25) is 0 Å². The van der Waals surface area contributed by atoms with E-state index >= 15 is 0 Å². The van der Waals surface area contributed by atoms with Crippen molar-refractivity contribution in [3.05, 3.63) is 35.9 Å². The van der Waals surface area contributed by atoms with Crippen molar-refractivity contribution in [1.29, 1.82) is 0 Å². The van der Waals surface area contributed by atoms with Crippen LogP contribution in [0, 0.1) is 0 Å². The van der Waals surface area contributed by atoms with Gasteiger partial charge in [-0.25, -0.2) is 0 Å². The number of amides is 2. The summed E-state index contributed by atoms with van der Waals surface area (Å²) < 4.78 is 0. The van der Waals surface area contributed by atoms with Gasteiger partial charge in [-0.2, -0.15) is 0 Å². The topological polar surface area (TPSA) is 196 Å². The molecule has 4 atom stereocenters. The van der Waals surface area contributed by atoms with Gasteiger partial charge in [-0.1, -0.05) is 30.3 Å². The number of carboxylic acids is 2. The minimum absolute atomic E-state index is 0.143. The highest BCUT2D eigenvalue weighted by Gasteiger charge is 2.29. The molecule has 0 aliphatic rings. The van der Waals surface area contributed by atoms with Gasteiger partial charge in [0, 0.05) is 12.2 Å². The summed E-state index contributed by atoms with van der Waals surface area (Å²) in [4.78, 5) is 58.2. The number of rotatable bonds is 14. The van der Waals surface area contributed by atoms with Crippen molar-refractivity contribution in [2.24, 2.45) is 5.73 Å². The molecule has 32 heavy (non-hydrogen) atoms. The second-order valence-electron chi connectivity index (χ2n) is 6.94. The largest absolute Gasteiger partial charge is 0.480 e. The predicted octanol–water partition coefficient (Wildman–Crippen LogP) is -0.711. The summed E-state index contributed by atoms with van der Waals surface area (Å²) in [5, 5.41) is 31.7. The van der Waals surface area contributed by atoms with Crippen molar-refractivity contribution in [2.75, 3.05) is 12.3 Å². The van der Waals surface area contributed by atoms with Crippen LogP contribution < -0.4 is 16.4 Å². The third-order valence-corrected chi connectivity index (χ3v) is 5.81. The molecule has 12 heteroatoms. The summed E-state index contributed by atoms with van der Waals surface area (Å²) in [6.07, 6.45) is -1.60. The first-order valence-corrected chi connectivity index (χ1v) is 10.7. The van der Waals surface area contributed by atoms with Crippen molar-refractivity contribution in [1.82, 2.24) is 10.6 Å². The first kappa shape index (κ1) is 27.1. The maximum absolute atomic E-state index is 12.4. The van der Waals surface area contributed by atoms with Crippen LogP contribution in [0.3, 0.4) is 0 Å². The molecule has 1 aromatic carbocycles. The minimum Gasteiger partial charge on any atom is -0.480 e. The van der Waals surface area contributed by atoms with E-state index in [1.54, 1.807) is 30.3 Å². The quantitative estimate of drug-likeness (QED) is 0.202. The number of hydrogen-bond donors (Lipinski definition) is 6. The molecule has 7 N–H and O–H groups in total. The Balaban J connectivity index is 2.87. The summed E-state index contributed by atoms with van der Waals surface area (Å²) in [5.41, 5.74) is 5.86. The Labute approximate surface area is 188 Å². The molecule has 11 nitrogen and oxygen atoms in total. The fraction of sp³-hybridized carbons (Fsp3) is 0.450. The van der Waals surface area contributed by atoms with E-state index in [4.69, 9.17) is 15.9 Å². The van der Waals surface area contributed by atoms with Crippen LogP contribution >= 0.6 is 11.8 Å². The molecule has 176 valence electrons. The molecule has 0 saturated heterocycles. The molecular formula is C20H27N3O8S. The zero-order valence-corrected chi connectivity index (χ0v) is 18.2. The van der Waals surface area contributed by atoms with Gasteiger partial charge in [0.15, 0.2) is 0 Å². The molecule has 0 radical (unpaired) electrons. The average molecular weight is 470 g/mol. The molecule has 0 saturated carbocycles. The molecule has 1 aromatic rings. The smallest absolute Gasteiger partial charge is 0.322 e. The predicted molar refractivity (Wildman–Crippen MR) is 116 cm³/mol. The Bertz CT molecular complexity index is 820. The van der Waals surface area contributed by atoms with E-state index in [1.165, 1.54) is 6.92 Å². The molecule has 0 aromatic heterocycles. The lowest BCUT2D eigenvalue weighted by Gasteiger charge is -2.24. The summed E-state index contributed by atoms with van der Waals surface area (Å²) in [6.45, 7) is 0.609. The number of ketones is 1. The molecule has 1 rings (SSSR count). The number of carboxylic acid groups (broad SMARTS) is 2. The van der Waals surface area contributed by atoms with Crippen molar-refractivity contribution in [2.45, 2.75) is 43.2 Å². The van der Waals surface area contributed by atoms with Gasteiger partial charge < -0.3 is 31.7 Å². The summed E-state index contributed by atoms with van der Waals surface area (Å²) in [7, 11) is 0. The van der Waals surface area contributed by atoms with Crippen LogP contribution in [-0.2, 0) is 24.0 Å². The first-order chi connectivity index (χ1) is 15.0. The van der Waals surface area contributed by atoms with Gasteiger partial charge >= 0.3 is 11.9 Å². The average Bonchev–Trinajstić information content (AvgIpc) is 2.75. The van der Waals surface area contributed by atoms with E-state index in [0.29, 0.717) is 5.56 Å². The zero-order chi connectivity index (χ0) is 24.3. The Kier molecular flexibility index (Phi) is 11.4. The standard InChI is InChI=1S/C20H27N3O8S/c1-11(24)18(17(28)12-5-3-2-4-6-12)32-10-14(19(29)22-9-16(26)27)23-15(25)8-7-13(21)20(30)31/h2-6,13-14,17-18,28H,7-10,21H2,1H3,(H,22,29)(H,23,25)(H,26,27)(H,30,31). The van der Waals surface area contributed by atoms with E-state index in [1.807, 2.05) is 0 Å². The maximum Gasteiger partial charge on any atom is 0.322 e. The lowest BCUT2D eigenvalue weighted by atomic mass is 10.0. The Morgan fingerprint density at radius 1 is 1.09 bits per heavy atom. The third-order valence-electron chi connectivity index (χ3n) is 4.34. The number of Topliss-reactive ketones (excluding diaryl/α,β-unsaturated/α-hetero) is 1. The van der Waals surface area contributed by atoms with Gasteiger partial charge in [0.2, 0.25) is 11.8 Å². The van der Waals surface area contributed by atoms with Crippen LogP contribution in [0.25, 0.3) is 0 Å². The number of aliphatic hydroxyl groups is 1. The van der Waals surface area contributed by atoms with Crippen molar-refractivity contribution in [3.63, 3.8) is 0 Å². The van der Waals surface area contributed by atoms with Crippen LogP contribution in [0.15, 0.2) is 30.3 Å². The van der Waals surface area contributed by atoms with E-state index in [-0.39, 0.29) is 24.4 Å². The normalized spacial score (nSPS) is 14.5. The lowest BCUT2D eigenvalue weighted by molar-refractivity contribution is -0.139. The number of nitrogens with two attached hydrogens (primary N) is 1.